The summed E-state index contributed by atoms with van der Waals surface area (Å²) in [5.41, 5.74) is 4.94. The summed E-state index contributed by atoms with van der Waals surface area (Å²) in [6.45, 7) is 7.43. The van der Waals surface area contributed by atoms with Gasteiger partial charge in [-0.25, -0.2) is 0 Å². The van der Waals surface area contributed by atoms with E-state index in [-0.39, 0.29) is 6.61 Å². The van der Waals surface area contributed by atoms with Crippen LogP contribution in [0.25, 0.3) is 11.4 Å². The predicted molar refractivity (Wildman–Crippen MR) is 78.6 cm³/mol. The van der Waals surface area contributed by atoms with Crippen LogP contribution < -0.4 is 0 Å². The van der Waals surface area contributed by atoms with Crippen LogP contribution in [0.1, 0.15) is 28.9 Å². The molecule has 0 aliphatic carbocycles. The summed E-state index contributed by atoms with van der Waals surface area (Å²) < 4.78 is 2.19. The molecule has 2 heterocycles. The molecule has 1 aromatic heterocycles. The summed E-state index contributed by atoms with van der Waals surface area (Å²) in [7, 11) is 0. The summed E-state index contributed by atoms with van der Waals surface area (Å²) in [6.07, 6.45) is 1.91. The number of benzene rings is 1. The molecule has 3 rings (SSSR count). The van der Waals surface area contributed by atoms with Crippen molar-refractivity contribution in [1.29, 1.82) is 0 Å². The fourth-order valence-corrected chi connectivity index (χ4v) is 3.26. The SMILES string of the molecule is Cc1cc(C)c(-c2nnc3n2CC(CO)CC3)c(C)c1. The van der Waals surface area contributed by atoms with Gasteiger partial charge >= 0.3 is 0 Å². The Kier molecular flexibility index (Phi) is 3.34. The van der Waals surface area contributed by atoms with Gasteiger partial charge in [-0.3, -0.25) is 0 Å². The predicted octanol–water partition coefficient (Wildman–Crippen LogP) is 2.43. The molecule has 0 amide bonds. The Bertz CT molecular complexity index is 622. The Morgan fingerprint density at radius 1 is 1.20 bits per heavy atom. The van der Waals surface area contributed by atoms with Gasteiger partial charge in [-0.1, -0.05) is 17.7 Å². The van der Waals surface area contributed by atoms with Crippen molar-refractivity contribution in [3.8, 4) is 11.4 Å². The molecule has 1 unspecified atom stereocenters. The van der Waals surface area contributed by atoms with Crippen molar-refractivity contribution in [3.63, 3.8) is 0 Å². The third-order valence-corrected chi connectivity index (χ3v) is 4.20. The standard InChI is InChI=1S/C16H21N3O/c1-10-6-11(2)15(12(3)7-10)16-18-17-14-5-4-13(9-20)8-19(14)16/h6-7,13,20H,4-5,8-9H2,1-3H3. The van der Waals surface area contributed by atoms with Crippen LogP contribution in [-0.2, 0) is 13.0 Å². The van der Waals surface area contributed by atoms with Crippen molar-refractivity contribution < 1.29 is 5.11 Å². The van der Waals surface area contributed by atoms with Gasteiger partial charge in [-0.15, -0.1) is 10.2 Å². The fourth-order valence-electron chi connectivity index (χ4n) is 3.26. The van der Waals surface area contributed by atoms with Gasteiger partial charge in [0.05, 0.1) is 0 Å². The van der Waals surface area contributed by atoms with E-state index in [9.17, 15) is 5.11 Å². The summed E-state index contributed by atoms with van der Waals surface area (Å²) in [6, 6.07) is 4.38. The fraction of sp³-hybridized carbons (Fsp3) is 0.500. The van der Waals surface area contributed by atoms with Crippen molar-refractivity contribution >= 4 is 0 Å². The average molecular weight is 271 g/mol. The molecular weight excluding hydrogens is 250 g/mol. The number of fused-ring (bicyclic) bond motifs is 1. The van der Waals surface area contributed by atoms with Crippen LogP contribution in [0.3, 0.4) is 0 Å². The zero-order valence-corrected chi connectivity index (χ0v) is 12.3. The van der Waals surface area contributed by atoms with Gasteiger partial charge < -0.3 is 9.67 Å². The molecule has 1 aromatic carbocycles. The topological polar surface area (TPSA) is 50.9 Å². The van der Waals surface area contributed by atoms with Crippen molar-refractivity contribution in [2.45, 2.75) is 40.2 Å². The van der Waals surface area contributed by atoms with Crippen molar-refractivity contribution in [1.82, 2.24) is 14.8 Å². The van der Waals surface area contributed by atoms with Gasteiger partial charge in [0.2, 0.25) is 0 Å². The lowest BCUT2D eigenvalue weighted by Crippen LogP contribution is -2.23. The lowest BCUT2D eigenvalue weighted by atomic mass is 9.97. The second-order valence-electron chi connectivity index (χ2n) is 5.91. The van der Waals surface area contributed by atoms with E-state index in [1.807, 2.05) is 0 Å². The molecule has 1 atom stereocenters. The molecule has 1 aliphatic heterocycles. The molecule has 0 radical (unpaired) electrons. The summed E-state index contributed by atoms with van der Waals surface area (Å²) in [4.78, 5) is 0. The van der Waals surface area contributed by atoms with Crippen molar-refractivity contribution in [3.05, 3.63) is 34.6 Å². The van der Waals surface area contributed by atoms with Gasteiger partial charge in [0.1, 0.15) is 5.82 Å². The number of nitrogens with zero attached hydrogens (tertiary/aromatic N) is 3. The zero-order chi connectivity index (χ0) is 14.3. The highest BCUT2D eigenvalue weighted by molar-refractivity contribution is 5.65. The van der Waals surface area contributed by atoms with Crippen LogP contribution in [0.2, 0.25) is 0 Å². The summed E-state index contributed by atoms with van der Waals surface area (Å²) in [5, 5.41) is 18.2. The van der Waals surface area contributed by atoms with Gasteiger partial charge in [0.25, 0.3) is 0 Å². The first-order valence-corrected chi connectivity index (χ1v) is 7.21. The normalized spacial score (nSPS) is 18.1. The molecule has 1 N–H and O–H groups in total. The van der Waals surface area contributed by atoms with E-state index in [1.54, 1.807) is 0 Å². The number of aromatic nitrogens is 3. The Morgan fingerprint density at radius 3 is 2.55 bits per heavy atom. The van der Waals surface area contributed by atoms with E-state index in [2.05, 4.69) is 47.7 Å². The van der Waals surface area contributed by atoms with E-state index in [0.29, 0.717) is 5.92 Å². The first kappa shape index (κ1) is 13.3. The molecule has 4 heteroatoms. The summed E-state index contributed by atoms with van der Waals surface area (Å²) >= 11 is 0. The zero-order valence-electron chi connectivity index (χ0n) is 12.3. The number of aryl methyl sites for hydroxylation is 4. The van der Waals surface area contributed by atoms with Gasteiger partial charge in [-0.05, 0) is 38.3 Å². The maximum Gasteiger partial charge on any atom is 0.164 e. The number of rotatable bonds is 2. The van der Waals surface area contributed by atoms with E-state index < -0.39 is 0 Å². The Morgan fingerprint density at radius 2 is 1.90 bits per heavy atom. The third kappa shape index (κ3) is 2.14. The average Bonchev–Trinajstić information content (AvgIpc) is 2.80. The molecule has 0 saturated carbocycles. The van der Waals surface area contributed by atoms with E-state index in [0.717, 1.165) is 31.0 Å². The second-order valence-corrected chi connectivity index (χ2v) is 5.91. The Balaban J connectivity index is 2.11. The maximum absolute atomic E-state index is 9.41. The number of aliphatic hydroxyl groups excluding tert-OH is 1. The maximum atomic E-state index is 9.41. The number of hydrogen-bond donors (Lipinski definition) is 1. The highest BCUT2D eigenvalue weighted by Gasteiger charge is 2.24. The van der Waals surface area contributed by atoms with Crippen LogP contribution in [-0.4, -0.2) is 26.5 Å². The largest absolute Gasteiger partial charge is 0.396 e. The molecule has 20 heavy (non-hydrogen) atoms. The van der Waals surface area contributed by atoms with Crippen LogP contribution in [0.4, 0.5) is 0 Å². The Hall–Kier alpha value is -1.68. The van der Waals surface area contributed by atoms with Gasteiger partial charge in [0.15, 0.2) is 5.82 Å². The number of aliphatic hydroxyl groups is 1. The van der Waals surface area contributed by atoms with Crippen LogP contribution in [0, 0.1) is 26.7 Å². The lowest BCUT2D eigenvalue weighted by molar-refractivity contribution is 0.191. The minimum atomic E-state index is 0.239. The minimum Gasteiger partial charge on any atom is -0.396 e. The van der Waals surface area contributed by atoms with Crippen molar-refractivity contribution in [2.24, 2.45) is 5.92 Å². The minimum absolute atomic E-state index is 0.239. The quantitative estimate of drug-likeness (QED) is 0.912. The molecule has 1 aliphatic rings. The van der Waals surface area contributed by atoms with Crippen LogP contribution in [0.15, 0.2) is 12.1 Å². The second kappa shape index (κ2) is 5.02. The summed E-state index contributed by atoms with van der Waals surface area (Å²) in [5.74, 6) is 2.32. The van der Waals surface area contributed by atoms with Gasteiger partial charge in [0, 0.05) is 31.1 Å². The van der Waals surface area contributed by atoms with Crippen LogP contribution in [0.5, 0.6) is 0 Å². The number of hydrogen-bond acceptors (Lipinski definition) is 3. The lowest BCUT2D eigenvalue weighted by Gasteiger charge is -2.23. The molecule has 106 valence electrons. The first-order chi connectivity index (χ1) is 9.60. The van der Waals surface area contributed by atoms with Crippen LogP contribution >= 0.6 is 0 Å². The third-order valence-electron chi connectivity index (χ3n) is 4.20. The molecule has 2 aromatic rings. The van der Waals surface area contributed by atoms with E-state index in [1.165, 1.54) is 22.3 Å². The monoisotopic (exact) mass is 271 g/mol. The highest BCUT2D eigenvalue weighted by Crippen LogP contribution is 2.30. The molecule has 0 spiro atoms. The highest BCUT2D eigenvalue weighted by atomic mass is 16.3. The van der Waals surface area contributed by atoms with E-state index in [4.69, 9.17) is 0 Å². The molecule has 0 saturated heterocycles. The van der Waals surface area contributed by atoms with Gasteiger partial charge in [-0.2, -0.15) is 0 Å². The Labute approximate surface area is 119 Å². The molecule has 0 fully saturated rings. The van der Waals surface area contributed by atoms with E-state index >= 15 is 0 Å². The van der Waals surface area contributed by atoms with Crippen molar-refractivity contribution in [2.75, 3.05) is 6.61 Å². The smallest absolute Gasteiger partial charge is 0.164 e. The molecule has 4 nitrogen and oxygen atoms in total. The first-order valence-electron chi connectivity index (χ1n) is 7.21. The molecular formula is C16H21N3O. The molecule has 0 bridgehead atoms.